The van der Waals surface area contributed by atoms with E-state index in [1.165, 1.54) is 23.4 Å². The molecule has 1 rings (SSSR count). The summed E-state index contributed by atoms with van der Waals surface area (Å²) < 4.78 is 36.9. The number of hydrogen-bond acceptors (Lipinski definition) is 2. The highest BCUT2D eigenvalue weighted by atomic mass is 35.5. The summed E-state index contributed by atoms with van der Waals surface area (Å²) in [5.41, 5.74) is 6.27. The van der Waals surface area contributed by atoms with Crippen LogP contribution in [-0.2, 0) is 6.18 Å². The Morgan fingerprint density at radius 2 is 2.06 bits per heavy atom. The van der Waals surface area contributed by atoms with Crippen molar-refractivity contribution in [2.45, 2.75) is 11.1 Å². The Morgan fingerprint density at radius 1 is 1.38 bits per heavy atom. The molecule has 88 valence electrons. The number of thioether (sulfide) groups is 1. The monoisotopic (exact) mass is 267 g/mol. The molecule has 16 heavy (non-hydrogen) atoms. The lowest BCUT2D eigenvalue weighted by Gasteiger charge is -2.09. The Labute approximate surface area is 100 Å². The summed E-state index contributed by atoms with van der Waals surface area (Å²) in [6.45, 7) is 0. The van der Waals surface area contributed by atoms with Crippen molar-refractivity contribution in [1.82, 2.24) is 0 Å². The standard InChI is InChI=1S/C10H9ClF3NS/c11-4-1-5-16-9-3-2-7(6-8(9)15)10(12,13)14/h1-4,6H,5,15H2/b4-1+. The number of alkyl halides is 3. The van der Waals surface area contributed by atoms with Crippen LogP contribution in [0.1, 0.15) is 5.56 Å². The Balaban J connectivity index is 2.83. The quantitative estimate of drug-likeness (QED) is 0.658. The van der Waals surface area contributed by atoms with Gasteiger partial charge in [-0.15, -0.1) is 11.8 Å². The summed E-state index contributed by atoms with van der Waals surface area (Å²) in [6, 6.07) is 3.32. The number of nitrogen functional groups attached to an aromatic ring is 1. The molecule has 1 nitrogen and oxygen atoms in total. The SMILES string of the molecule is Nc1cc(C(F)(F)F)ccc1SC/C=C/Cl. The van der Waals surface area contributed by atoms with E-state index in [1.807, 2.05) is 0 Å². The average molecular weight is 268 g/mol. The molecule has 0 unspecified atom stereocenters. The molecular formula is C10H9ClF3NS. The van der Waals surface area contributed by atoms with Gasteiger partial charge in [0.15, 0.2) is 0 Å². The zero-order valence-electron chi connectivity index (χ0n) is 8.09. The third-order valence-corrected chi connectivity index (χ3v) is 2.98. The van der Waals surface area contributed by atoms with E-state index in [0.717, 1.165) is 12.1 Å². The van der Waals surface area contributed by atoms with E-state index in [9.17, 15) is 13.2 Å². The second kappa shape index (κ2) is 5.50. The molecule has 0 atom stereocenters. The molecule has 0 aliphatic carbocycles. The highest BCUT2D eigenvalue weighted by Crippen LogP contribution is 2.34. The number of hydrogen-bond donors (Lipinski definition) is 1. The van der Waals surface area contributed by atoms with Gasteiger partial charge in [0.2, 0.25) is 0 Å². The molecule has 0 radical (unpaired) electrons. The molecule has 0 amide bonds. The maximum absolute atomic E-state index is 12.3. The zero-order chi connectivity index (χ0) is 12.2. The minimum atomic E-state index is -4.35. The van der Waals surface area contributed by atoms with Gasteiger partial charge in [0.25, 0.3) is 0 Å². The fraction of sp³-hybridized carbons (Fsp3) is 0.200. The van der Waals surface area contributed by atoms with Crippen LogP contribution in [0, 0.1) is 0 Å². The van der Waals surface area contributed by atoms with Gasteiger partial charge in [-0.25, -0.2) is 0 Å². The summed E-state index contributed by atoms with van der Waals surface area (Å²) >= 11 is 6.65. The summed E-state index contributed by atoms with van der Waals surface area (Å²) in [7, 11) is 0. The van der Waals surface area contributed by atoms with Gasteiger partial charge in [-0.05, 0) is 18.2 Å². The topological polar surface area (TPSA) is 26.0 Å². The van der Waals surface area contributed by atoms with Crippen LogP contribution in [-0.4, -0.2) is 5.75 Å². The Bertz CT molecular complexity index is 390. The van der Waals surface area contributed by atoms with Gasteiger partial charge in [0.1, 0.15) is 0 Å². The molecule has 2 N–H and O–H groups in total. The van der Waals surface area contributed by atoms with Crippen molar-refractivity contribution in [2.24, 2.45) is 0 Å². The molecule has 0 bridgehead atoms. The predicted molar refractivity (Wildman–Crippen MR) is 61.6 cm³/mol. The lowest BCUT2D eigenvalue weighted by Crippen LogP contribution is -2.05. The number of benzene rings is 1. The van der Waals surface area contributed by atoms with Crippen molar-refractivity contribution < 1.29 is 13.2 Å². The van der Waals surface area contributed by atoms with Crippen LogP contribution in [0.5, 0.6) is 0 Å². The molecule has 0 spiro atoms. The molecule has 0 aromatic heterocycles. The number of rotatable bonds is 3. The molecule has 0 saturated carbocycles. The van der Waals surface area contributed by atoms with Crippen molar-refractivity contribution in [3.05, 3.63) is 35.4 Å². The molecule has 1 aromatic carbocycles. The maximum atomic E-state index is 12.3. The van der Waals surface area contributed by atoms with E-state index in [1.54, 1.807) is 6.08 Å². The van der Waals surface area contributed by atoms with E-state index < -0.39 is 11.7 Å². The van der Waals surface area contributed by atoms with E-state index in [2.05, 4.69) is 0 Å². The van der Waals surface area contributed by atoms with Crippen molar-refractivity contribution in [3.8, 4) is 0 Å². The second-order valence-electron chi connectivity index (χ2n) is 2.92. The molecule has 0 aliphatic heterocycles. The van der Waals surface area contributed by atoms with Gasteiger partial charge in [0, 0.05) is 21.9 Å². The highest BCUT2D eigenvalue weighted by Gasteiger charge is 2.30. The van der Waals surface area contributed by atoms with Gasteiger partial charge in [-0.3, -0.25) is 0 Å². The van der Waals surface area contributed by atoms with Crippen LogP contribution in [0.25, 0.3) is 0 Å². The normalized spacial score (nSPS) is 12.2. The van der Waals surface area contributed by atoms with Crippen LogP contribution in [0.2, 0.25) is 0 Å². The fourth-order valence-corrected chi connectivity index (χ4v) is 1.99. The van der Waals surface area contributed by atoms with Crippen LogP contribution >= 0.6 is 23.4 Å². The summed E-state index contributed by atoms with van der Waals surface area (Å²) in [6.07, 6.45) is -2.67. The van der Waals surface area contributed by atoms with Gasteiger partial charge in [-0.1, -0.05) is 17.7 Å². The van der Waals surface area contributed by atoms with Gasteiger partial charge in [-0.2, -0.15) is 13.2 Å². The van der Waals surface area contributed by atoms with Crippen molar-refractivity contribution in [2.75, 3.05) is 11.5 Å². The predicted octanol–water partition coefficient (Wildman–Crippen LogP) is 4.13. The average Bonchev–Trinajstić information content (AvgIpc) is 2.19. The fourth-order valence-electron chi connectivity index (χ4n) is 1.03. The van der Waals surface area contributed by atoms with Crippen molar-refractivity contribution >= 4 is 29.1 Å². The molecule has 1 aromatic rings. The summed E-state index contributed by atoms with van der Waals surface area (Å²) in [4.78, 5) is 0.614. The maximum Gasteiger partial charge on any atom is 0.416 e. The molecular weight excluding hydrogens is 259 g/mol. The highest BCUT2D eigenvalue weighted by molar-refractivity contribution is 7.99. The zero-order valence-corrected chi connectivity index (χ0v) is 9.66. The first-order valence-corrected chi connectivity index (χ1v) is 5.72. The first kappa shape index (κ1) is 13.3. The molecule has 0 aliphatic rings. The van der Waals surface area contributed by atoms with Crippen LogP contribution in [0.3, 0.4) is 0 Å². The molecule has 6 heteroatoms. The lowest BCUT2D eigenvalue weighted by molar-refractivity contribution is -0.137. The van der Waals surface area contributed by atoms with Crippen LogP contribution < -0.4 is 5.73 Å². The molecule has 0 heterocycles. The van der Waals surface area contributed by atoms with E-state index in [4.69, 9.17) is 17.3 Å². The van der Waals surface area contributed by atoms with Crippen LogP contribution in [0.15, 0.2) is 34.7 Å². The smallest absolute Gasteiger partial charge is 0.398 e. The Kier molecular flexibility index (Phi) is 4.56. The minimum absolute atomic E-state index is 0.128. The summed E-state index contributed by atoms with van der Waals surface area (Å²) in [5.74, 6) is 0.569. The summed E-state index contributed by atoms with van der Waals surface area (Å²) in [5, 5.41) is 0. The van der Waals surface area contributed by atoms with Crippen molar-refractivity contribution in [3.63, 3.8) is 0 Å². The van der Waals surface area contributed by atoms with E-state index >= 15 is 0 Å². The number of halogens is 4. The van der Waals surface area contributed by atoms with E-state index in [0.29, 0.717) is 10.6 Å². The number of nitrogens with two attached hydrogens (primary N) is 1. The Morgan fingerprint density at radius 3 is 2.56 bits per heavy atom. The van der Waals surface area contributed by atoms with Crippen molar-refractivity contribution in [1.29, 1.82) is 0 Å². The van der Waals surface area contributed by atoms with Gasteiger partial charge in [0.05, 0.1) is 5.56 Å². The third-order valence-electron chi connectivity index (χ3n) is 1.76. The number of anilines is 1. The minimum Gasteiger partial charge on any atom is -0.398 e. The Hall–Kier alpha value is -0.810. The molecule has 0 saturated heterocycles. The van der Waals surface area contributed by atoms with Gasteiger partial charge < -0.3 is 5.73 Å². The largest absolute Gasteiger partial charge is 0.416 e. The van der Waals surface area contributed by atoms with Crippen LogP contribution in [0.4, 0.5) is 18.9 Å². The first-order valence-electron chi connectivity index (χ1n) is 4.30. The lowest BCUT2D eigenvalue weighted by atomic mass is 10.2. The van der Waals surface area contributed by atoms with E-state index in [-0.39, 0.29) is 5.69 Å². The van der Waals surface area contributed by atoms with Gasteiger partial charge >= 0.3 is 6.18 Å². The first-order chi connectivity index (χ1) is 7.45. The second-order valence-corrected chi connectivity index (χ2v) is 4.24. The third kappa shape index (κ3) is 3.64. The molecule has 0 fully saturated rings.